The van der Waals surface area contributed by atoms with Gasteiger partial charge in [0.25, 0.3) is 0 Å². The number of halogens is 3. The van der Waals surface area contributed by atoms with Crippen LogP contribution in [0.1, 0.15) is 22.0 Å². The van der Waals surface area contributed by atoms with E-state index in [0.717, 1.165) is 30.1 Å². The van der Waals surface area contributed by atoms with Crippen LogP contribution in [0.5, 0.6) is 0 Å². The predicted molar refractivity (Wildman–Crippen MR) is 97.6 cm³/mol. The maximum atomic E-state index is 12.8. The zero-order valence-electron chi connectivity index (χ0n) is 14.7. The summed E-state index contributed by atoms with van der Waals surface area (Å²) < 4.78 is 43.8. The molecule has 1 fully saturated rings. The first-order valence-electron chi connectivity index (χ1n) is 8.71. The van der Waals surface area contributed by atoms with Gasteiger partial charge in [0.15, 0.2) is 0 Å². The molecule has 1 aliphatic heterocycles. The number of morpholine rings is 1. The Balaban J connectivity index is 1.61. The van der Waals surface area contributed by atoms with E-state index in [0.29, 0.717) is 25.3 Å². The van der Waals surface area contributed by atoms with Crippen LogP contribution in [0.4, 0.5) is 13.2 Å². The van der Waals surface area contributed by atoms with Gasteiger partial charge < -0.3 is 10.1 Å². The van der Waals surface area contributed by atoms with E-state index in [1.165, 1.54) is 12.1 Å². The van der Waals surface area contributed by atoms with Gasteiger partial charge in [-0.05, 0) is 23.1 Å². The first-order chi connectivity index (χ1) is 12.9. The van der Waals surface area contributed by atoms with Gasteiger partial charge in [-0.1, -0.05) is 24.3 Å². The lowest BCUT2D eigenvalue weighted by molar-refractivity contribution is -0.137. The molecule has 1 aromatic heterocycles. The maximum absolute atomic E-state index is 12.8. The van der Waals surface area contributed by atoms with Crippen LogP contribution in [-0.2, 0) is 22.1 Å². The number of benzene rings is 1. The summed E-state index contributed by atoms with van der Waals surface area (Å²) in [7, 11) is 0. The van der Waals surface area contributed by atoms with Crippen LogP contribution in [-0.4, -0.2) is 43.7 Å². The van der Waals surface area contributed by atoms with Crippen LogP contribution in [0.15, 0.2) is 41.8 Å². The smallest absolute Gasteiger partial charge is 0.379 e. The van der Waals surface area contributed by atoms with Crippen molar-refractivity contribution in [1.82, 2.24) is 10.2 Å². The largest absolute Gasteiger partial charge is 0.416 e. The quantitative estimate of drug-likeness (QED) is 0.810. The van der Waals surface area contributed by atoms with Crippen LogP contribution in [0.2, 0.25) is 0 Å². The molecule has 0 unspecified atom stereocenters. The van der Waals surface area contributed by atoms with Gasteiger partial charge in [-0.3, -0.25) is 9.69 Å². The Hall–Kier alpha value is -1.90. The van der Waals surface area contributed by atoms with Crippen molar-refractivity contribution >= 4 is 17.2 Å². The molecule has 1 N–H and O–H groups in total. The van der Waals surface area contributed by atoms with E-state index in [1.807, 2.05) is 17.5 Å². The fourth-order valence-corrected chi connectivity index (χ4v) is 3.96. The molecule has 8 heteroatoms. The second kappa shape index (κ2) is 8.86. The van der Waals surface area contributed by atoms with Crippen molar-refractivity contribution in [3.63, 3.8) is 0 Å². The fraction of sp³-hybridized carbons (Fsp3) is 0.421. The molecule has 1 atom stereocenters. The predicted octanol–water partition coefficient (Wildman–Crippen LogP) is 3.50. The highest BCUT2D eigenvalue weighted by Gasteiger charge is 2.30. The Morgan fingerprint density at radius 1 is 1.22 bits per heavy atom. The molecule has 0 saturated carbocycles. The van der Waals surface area contributed by atoms with Gasteiger partial charge in [-0.2, -0.15) is 13.2 Å². The summed E-state index contributed by atoms with van der Waals surface area (Å²) in [5, 5.41) is 4.87. The first-order valence-corrected chi connectivity index (χ1v) is 9.59. The van der Waals surface area contributed by atoms with Crippen molar-refractivity contribution in [2.45, 2.75) is 18.6 Å². The zero-order chi connectivity index (χ0) is 19.3. The number of carbonyl (C=O) groups excluding carboxylic acids is 1. The summed E-state index contributed by atoms with van der Waals surface area (Å²) in [5.41, 5.74) is -0.390. The minimum Gasteiger partial charge on any atom is -0.379 e. The molecule has 0 radical (unpaired) electrons. The van der Waals surface area contributed by atoms with E-state index in [-0.39, 0.29) is 18.4 Å². The second-order valence-electron chi connectivity index (χ2n) is 6.36. The summed E-state index contributed by atoms with van der Waals surface area (Å²) in [4.78, 5) is 15.7. The monoisotopic (exact) mass is 398 g/mol. The van der Waals surface area contributed by atoms with Gasteiger partial charge in [-0.25, -0.2) is 0 Å². The lowest BCUT2D eigenvalue weighted by Gasteiger charge is -2.34. The van der Waals surface area contributed by atoms with Crippen molar-refractivity contribution in [3.8, 4) is 0 Å². The normalized spacial score (nSPS) is 16.9. The van der Waals surface area contributed by atoms with E-state index in [4.69, 9.17) is 4.74 Å². The van der Waals surface area contributed by atoms with Crippen molar-refractivity contribution < 1.29 is 22.7 Å². The van der Waals surface area contributed by atoms with Gasteiger partial charge >= 0.3 is 6.18 Å². The van der Waals surface area contributed by atoms with Gasteiger partial charge in [0.1, 0.15) is 0 Å². The molecule has 2 heterocycles. The van der Waals surface area contributed by atoms with Crippen molar-refractivity contribution in [2.75, 3.05) is 32.8 Å². The average molecular weight is 398 g/mol. The second-order valence-corrected chi connectivity index (χ2v) is 7.34. The molecule has 2 aromatic rings. The number of rotatable bonds is 6. The highest BCUT2D eigenvalue weighted by Crippen LogP contribution is 2.29. The number of carbonyl (C=O) groups is 1. The summed E-state index contributed by atoms with van der Waals surface area (Å²) >= 11 is 1.63. The molecule has 4 nitrogen and oxygen atoms in total. The Morgan fingerprint density at radius 2 is 2.00 bits per heavy atom. The molecular weight excluding hydrogens is 377 g/mol. The van der Waals surface area contributed by atoms with Gasteiger partial charge in [0.2, 0.25) is 5.91 Å². The van der Waals surface area contributed by atoms with Crippen LogP contribution in [0.3, 0.4) is 0 Å². The molecule has 0 bridgehead atoms. The number of alkyl halides is 3. The molecule has 3 rings (SSSR count). The molecule has 1 amide bonds. The topological polar surface area (TPSA) is 41.6 Å². The number of amides is 1. The van der Waals surface area contributed by atoms with Crippen LogP contribution >= 0.6 is 11.3 Å². The Labute approximate surface area is 159 Å². The molecule has 146 valence electrons. The van der Waals surface area contributed by atoms with Crippen LogP contribution in [0.25, 0.3) is 0 Å². The molecule has 0 spiro atoms. The summed E-state index contributed by atoms with van der Waals surface area (Å²) in [6, 6.07) is 8.94. The highest BCUT2D eigenvalue weighted by molar-refractivity contribution is 7.10. The third-order valence-electron chi connectivity index (χ3n) is 4.47. The van der Waals surface area contributed by atoms with Gasteiger partial charge in [0, 0.05) is 24.5 Å². The van der Waals surface area contributed by atoms with Crippen molar-refractivity contribution in [2.24, 2.45) is 0 Å². The molecule has 1 aliphatic rings. The number of ether oxygens (including phenoxy) is 1. The number of hydrogen-bond donors (Lipinski definition) is 1. The van der Waals surface area contributed by atoms with E-state index in [2.05, 4.69) is 10.2 Å². The number of nitrogens with one attached hydrogen (secondary N) is 1. The summed E-state index contributed by atoms with van der Waals surface area (Å²) in [6.07, 6.45) is -4.49. The minimum atomic E-state index is -4.41. The Morgan fingerprint density at radius 3 is 2.67 bits per heavy atom. The maximum Gasteiger partial charge on any atom is 0.416 e. The van der Waals surface area contributed by atoms with Gasteiger partial charge in [-0.15, -0.1) is 11.3 Å². The summed E-state index contributed by atoms with van der Waals surface area (Å²) in [5.74, 6) is -0.288. The molecule has 0 aliphatic carbocycles. The first kappa shape index (κ1) is 19.9. The van der Waals surface area contributed by atoms with E-state index in [9.17, 15) is 18.0 Å². The Kier molecular flexibility index (Phi) is 6.51. The zero-order valence-corrected chi connectivity index (χ0v) is 15.5. The van der Waals surface area contributed by atoms with E-state index in [1.54, 1.807) is 11.3 Å². The average Bonchev–Trinajstić information content (AvgIpc) is 3.17. The number of nitrogens with zero attached hydrogens (tertiary/aromatic N) is 1. The number of hydrogen-bond acceptors (Lipinski definition) is 4. The van der Waals surface area contributed by atoms with Crippen molar-refractivity contribution in [3.05, 3.63) is 57.8 Å². The summed E-state index contributed by atoms with van der Waals surface area (Å²) in [6.45, 7) is 3.29. The lowest BCUT2D eigenvalue weighted by atomic mass is 10.1. The molecule has 1 aromatic carbocycles. The van der Waals surface area contributed by atoms with Gasteiger partial charge in [0.05, 0.1) is 31.2 Å². The van der Waals surface area contributed by atoms with E-state index >= 15 is 0 Å². The molecule has 1 saturated heterocycles. The Bertz CT molecular complexity index is 744. The third kappa shape index (κ3) is 5.54. The standard InChI is InChI=1S/C19H21F3N2O2S/c20-19(21,22)15-4-1-3-14(11-15)12-18(25)23-13-16(17-5-2-10-27-17)24-6-8-26-9-7-24/h1-5,10-11,16H,6-9,12-13H2,(H,23,25)/t16-/m1/s1. The SMILES string of the molecule is O=C(Cc1cccc(C(F)(F)F)c1)NC[C@H](c1cccs1)N1CCOCC1. The minimum absolute atomic E-state index is 0.0411. The lowest BCUT2D eigenvalue weighted by Crippen LogP contribution is -2.43. The van der Waals surface area contributed by atoms with Crippen LogP contribution < -0.4 is 5.32 Å². The fourth-order valence-electron chi connectivity index (χ4n) is 3.10. The molecule has 27 heavy (non-hydrogen) atoms. The third-order valence-corrected chi connectivity index (χ3v) is 5.44. The molecular formula is C19H21F3N2O2S. The number of thiophene rings is 1. The highest BCUT2D eigenvalue weighted by atomic mass is 32.1. The van der Waals surface area contributed by atoms with Crippen molar-refractivity contribution in [1.29, 1.82) is 0 Å². The van der Waals surface area contributed by atoms with Crippen LogP contribution in [0, 0.1) is 0 Å². The van der Waals surface area contributed by atoms with E-state index < -0.39 is 11.7 Å².